The van der Waals surface area contributed by atoms with Crippen LogP contribution in [0.2, 0.25) is 0 Å². The van der Waals surface area contributed by atoms with Gasteiger partial charge in [-0.25, -0.2) is 5.48 Å². The van der Waals surface area contributed by atoms with Gasteiger partial charge >= 0.3 is 0 Å². The predicted molar refractivity (Wildman–Crippen MR) is 191 cm³/mol. The van der Waals surface area contributed by atoms with Crippen molar-refractivity contribution in [3.63, 3.8) is 0 Å². The molecule has 15 heteroatoms. The van der Waals surface area contributed by atoms with Gasteiger partial charge in [0.25, 0.3) is 5.91 Å². The second kappa shape index (κ2) is 18.6. The van der Waals surface area contributed by atoms with Crippen molar-refractivity contribution in [1.29, 1.82) is 0 Å². The number of phenols is 4. The van der Waals surface area contributed by atoms with E-state index >= 15 is 0 Å². The molecule has 0 bridgehead atoms. The lowest BCUT2D eigenvalue weighted by Crippen LogP contribution is -2.59. The molecule has 4 rings (SSSR count). The number of phenolic OH excluding ortho intramolecular Hbond substituents is 4. The SMILES string of the molecule is CC(=O)N[C@@H](Cc1ccc(O)cc1)C(=O)N[C@@H](Cc1ccc(O)cc1)C(=O)N[C@@H](Cc1ccc(O)cc1)C(=O)N[C@@H](Cc1ccc(O)cc1)C(=O)NO. The van der Waals surface area contributed by atoms with E-state index in [1.165, 1.54) is 85.2 Å². The van der Waals surface area contributed by atoms with Crippen LogP contribution in [0.4, 0.5) is 0 Å². The summed E-state index contributed by atoms with van der Waals surface area (Å²) in [4.78, 5) is 66.4. The van der Waals surface area contributed by atoms with Gasteiger partial charge in [-0.05, 0) is 70.8 Å². The first-order valence-corrected chi connectivity index (χ1v) is 16.5. The fraction of sp³-hybridized carbons (Fsp3) is 0.237. The summed E-state index contributed by atoms with van der Waals surface area (Å²) >= 11 is 0. The molecule has 15 nitrogen and oxygen atoms in total. The molecule has 0 saturated carbocycles. The highest BCUT2D eigenvalue weighted by Crippen LogP contribution is 2.16. The van der Waals surface area contributed by atoms with Crippen molar-refractivity contribution in [3.05, 3.63) is 119 Å². The first kappa shape index (κ1) is 39.2. The molecule has 0 spiro atoms. The minimum Gasteiger partial charge on any atom is -0.508 e. The van der Waals surface area contributed by atoms with E-state index in [-0.39, 0.29) is 48.7 Å². The minimum absolute atomic E-state index is 0.00877. The highest BCUT2D eigenvalue weighted by molar-refractivity contribution is 5.95. The largest absolute Gasteiger partial charge is 0.508 e. The van der Waals surface area contributed by atoms with E-state index in [9.17, 15) is 49.6 Å². The average Bonchev–Trinajstić information content (AvgIpc) is 3.13. The van der Waals surface area contributed by atoms with E-state index in [4.69, 9.17) is 0 Å². The van der Waals surface area contributed by atoms with Gasteiger partial charge in [-0.15, -0.1) is 0 Å². The van der Waals surface area contributed by atoms with Gasteiger partial charge in [-0.3, -0.25) is 29.2 Å². The highest BCUT2D eigenvalue weighted by atomic mass is 16.5. The highest BCUT2D eigenvalue weighted by Gasteiger charge is 2.32. The fourth-order valence-corrected chi connectivity index (χ4v) is 5.45. The van der Waals surface area contributed by atoms with Gasteiger partial charge in [0.05, 0.1) is 0 Å². The summed E-state index contributed by atoms with van der Waals surface area (Å²) in [6.07, 6.45) is -0.308. The van der Waals surface area contributed by atoms with Crippen LogP contribution in [-0.2, 0) is 49.7 Å². The molecule has 4 aromatic carbocycles. The van der Waals surface area contributed by atoms with Gasteiger partial charge in [0, 0.05) is 32.6 Å². The summed E-state index contributed by atoms with van der Waals surface area (Å²) in [5, 5.41) is 58.8. The smallest absolute Gasteiger partial charge is 0.266 e. The first-order valence-electron chi connectivity index (χ1n) is 16.5. The zero-order valence-electron chi connectivity index (χ0n) is 28.7. The standard InChI is InChI=1S/C38H41N5O10/c1-22(44)39-31(18-23-2-10-27(45)11-3-23)35(49)40-32(19-24-4-12-28(46)13-5-24)36(50)41-33(20-25-6-14-29(47)15-7-25)37(51)42-34(38(52)43-53)21-26-8-16-30(48)17-9-26/h2-17,31-34,45-48,53H,18-21H2,1H3,(H,39,44)(H,40,49)(H,41,50)(H,42,51)(H,43,52)/t31-,32-,33-,34-/m0/s1. The third-order valence-electron chi connectivity index (χ3n) is 8.21. The number of hydroxylamine groups is 1. The number of rotatable bonds is 16. The summed E-state index contributed by atoms with van der Waals surface area (Å²) in [6.45, 7) is 1.23. The lowest BCUT2D eigenvalue weighted by Gasteiger charge is -2.26. The molecule has 0 radical (unpaired) electrons. The topological polar surface area (TPSA) is 247 Å². The zero-order valence-corrected chi connectivity index (χ0v) is 28.7. The van der Waals surface area contributed by atoms with Crippen LogP contribution in [-0.4, -0.2) is 79.3 Å². The summed E-state index contributed by atoms with van der Waals surface area (Å²) in [6, 6.07) is 18.5. The minimum atomic E-state index is -1.36. The number of hydrogen-bond donors (Lipinski definition) is 10. The molecule has 0 unspecified atom stereocenters. The summed E-state index contributed by atoms with van der Waals surface area (Å²) in [5.41, 5.74) is 3.72. The molecule has 278 valence electrons. The van der Waals surface area contributed by atoms with Crippen LogP contribution in [0.25, 0.3) is 0 Å². The van der Waals surface area contributed by atoms with Crippen LogP contribution >= 0.6 is 0 Å². The van der Waals surface area contributed by atoms with E-state index in [1.54, 1.807) is 24.3 Å². The fourth-order valence-electron chi connectivity index (χ4n) is 5.45. The number of nitrogens with one attached hydrogen (secondary N) is 5. The molecule has 0 aliphatic heterocycles. The molecule has 0 fully saturated rings. The van der Waals surface area contributed by atoms with Gasteiger partial charge in [0.1, 0.15) is 47.2 Å². The quantitative estimate of drug-likeness (QED) is 0.0585. The molecular weight excluding hydrogens is 686 g/mol. The van der Waals surface area contributed by atoms with Crippen molar-refractivity contribution >= 4 is 29.5 Å². The van der Waals surface area contributed by atoms with Crippen molar-refractivity contribution in [2.75, 3.05) is 0 Å². The lowest BCUT2D eigenvalue weighted by molar-refractivity contribution is -0.136. The molecular formula is C38H41N5O10. The third-order valence-corrected chi connectivity index (χ3v) is 8.21. The molecule has 4 aromatic rings. The third kappa shape index (κ3) is 12.3. The Balaban J connectivity index is 1.62. The van der Waals surface area contributed by atoms with Crippen molar-refractivity contribution in [3.8, 4) is 23.0 Å². The Morgan fingerprint density at radius 2 is 0.642 bits per heavy atom. The summed E-state index contributed by atoms with van der Waals surface area (Å²) in [5.74, 6) is -3.89. The Kier molecular flexibility index (Phi) is 13.7. The second-order valence-corrected chi connectivity index (χ2v) is 12.4. The maximum atomic E-state index is 14.1. The zero-order chi connectivity index (χ0) is 38.5. The number of hydrogen-bond acceptors (Lipinski definition) is 10. The van der Waals surface area contributed by atoms with Crippen LogP contribution in [0.1, 0.15) is 29.2 Å². The molecule has 0 aliphatic rings. The number of amides is 5. The van der Waals surface area contributed by atoms with Crippen LogP contribution in [0, 0.1) is 0 Å². The van der Waals surface area contributed by atoms with Crippen LogP contribution in [0.5, 0.6) is 23.0 Å². The summed E-state index contributed by atoms with van der Waals surface area (Å²) < 4.78 is 0. The lowest BCUT2D eigenvalue weighted by atomic mass is 10.00. The number of carbonyl (C=O) groups is 5. The number of carbonyl (C=O) groups excluding carboxylic acids is 5. The van der Waals surface area contributed by atoms with E-state index in [0.717, 1.165) is 0 Å². The van der Waals surface area contributed by atoms with Crippen LogP contribution in [0.15, 0.2) is 97.1 Å². The Bertz CT molecular complexity index is 1870. The normalized spacial score (nSPS) is 13.0. The Morgan fingerprint density at radius 3 is 0.868 bits per heavy atom. The summed E-state index contributed by atoms with van der Waals surface area (Å²) in [7, 11) is 0. The molecule has 0 aromatic heterocycles. The van der Waals surface area contributed by atoms with Gasteiger partial charge in [-0.1, -0.05) is 48.5 Å². The van der Waals surface area contributed by atoms with Gasteiger partial charge in [0.2, 0.25) is 23.6 Å². The van der Waals surface area contributed by atoms with Crippen LogP contribution < -0.4 is 26.7 Å². The van der Waals surface area contributed by atoms with Gasteiger partial charge in [0.15, 0.2) is 0 Å². The van der Waals surface area contributed by atoms with Crippen molar-refractivity contribution in [1.82, 2.24) is 26.7 Å². The van der Waals surface area contributed by atoms with E-state index < -0.39 is 53.7 Å². The maximum absolute atomic E-state index is 14.1. The molecule has 0 aliphatic carbocycles. The molecule has 10 N–H and O–H groups in total. The Labute approximate surface area is 304 Å². The number of aromatic hydroxyl groups is 4. The van der Waals surface area contributed by atoms with Gasteiger partial charge < -0.3 is 41.7 Å². The molecule has 0 saturated heterocycles. The molecule has 4 atom stereocenters. The van der Waals surface area contributed by atoms with Crippen molar-refractivity contribution in [2.45, 2.75) is 56.8 Å². The van der Waals surface area contributed by atoms with Crippen molar-refractivity contribution in [2.24, 2.45) is 0 Å². The molecule has 0 heterocycles. The second-order valence-electron chi connectivity index (χ2n) is 12.4. The monoisotopic (exact) mass is 727 g/mol. The molecule has 5 amide bonds. The predicted octanol–water partition coefficient (Wildman–Crippen LogP) is 1.24. The Morgan fingerprint density at radius 1 is 0.415 bits per heavy atom. The van der Waals surface area contributed by atoms with E-state index in [2.05, 4.69) is 21.3 Å². The van der Waals surface area contributed by atoms with Gasteiger partial charge in [-0.2, -0.15) is 0 Å². The van der Waals surface area contributed by atoms with E-state index in [0.29, 0.717) is 22.3 Å². The molecule has 53 heavy (non-hydrogen) atoms. The average molecular weight is 728 g/mol. The van der Waals surface area contributed by atoms with Crippen molar-refractivity contribution < 1.29 is 49.6 Å². The first-order chi connectivity index (χ1) is 25.3. The van der Waals surface area contributed by atoms with E-state index in [1.807, 2.05) is 0 Å². The number of benzene rings is 4. The van der Waals surface area contributed by atoms with Crippen LogP contribution in [0.3, 0.4) is 0 Å². The maximum Gasteiger partial charge on any atom is 0.266 e. The Hall–Kier alpha value is -6.61.